The van der Waals surface area contributed by atoms with Crippen molar-refractivity contribution in [2.24, 2.45) is 0 Å². The molecule has 0 atom stereocenters. The zero-order chi connectivity index (χ0) is 20.9. The topological polar surface area (TPSA) is 84.0 Å². The average Bonchev–Trinajstić information content (AvgIpc) is 3.17. The third-order valence-corrected chi connectivity index (χ3v) is 6.10. The molecular weight excluding hydrogens is 416 g/mol. The molecule has 0 saturated carbocycles. The smallest absolute Gasteiger partial charge is 0.234 e. The molecule has 2 heterocycles. The standard InChI is InChI=1S/C22H18N4O2S2/c1-14(27)25-16-8-5-9-17(10-16)26-19(28)12-30-22-20-18(15-6-3-2-4-7-15)11-29-21(20)23-13-24-22/h2-11,13H,12H2,1H3,(H,25,27)(H,26,28). The average molecular weight is 435 g/mol. The number of carbonyl (C=O) groups is 2. The molecule has 2 N–H and O–H groups in total. The van der Waals surface area contributed by atoms with E-state index < -0.39 is 0 Å². The molecule has 0 aliphatic rings. The Morgan fingerprint density at radius 2 is 1.77 bits per heavy atom. The van der Waals surface area contributed by atoms with E-state index in [1.807, 2.05) is 18.2 Å². The van der Waals surface area contributed by atoms with E-state index in [0.717, 1.165) is 26.4 Å². The molecule has 30 heavy (non-hydrogen) atoms. The van der Waals surface area contributed by atoms with E-state index in [-0.39, 0.29) is 17.6 Å². The fourth-order valence-electron chi connectivity index (χ4n) is 3.00. The molecule has 6 nitrogen and oxygen atoms in total. The van der Waals surface area contributed by atoms with Gasteiger partial charge in [-0.2, -0.15) is 0 Å². The van der Waals surface area contributed by atoms with Crippen LogP contribution >= 0.6 is 23.1 Å². The minimum atomic E-state index is -0.160. The number of nitrogens with one attached hydrogen (secondary N) is 2. The van der Waals surface area contributed by atoms with Gasteiger partial charge in [-0.3, -0.25) is 9.59 Å². The Bertz CT molecular complexity index is 1210. The summed E-state index contributed by atoms with van der Waals surface area (Å²) >= 11 is 2.95. The second-order valence-corrected chi connectivity index (χ2v) is 8.30. The van der Waals surface area contributed by atoms with E-state index in [1.165, 1.54) is 25.0 Å². The molecule has 0 saturated heterocycles. The van der Waals surface area contributed by atoms with Crippen LogP contribution < -0.4 is 10.6 Å². The molecular formula is C22H18N4O2S2. The maximum atomic E-state index is 12.5. The zero-order valence-electron chi connectivity index (χ0n) is 16.1. The van der Waals surface area contributed by atoms with Gasteiger partial charge in [-0.1, -0.05) is 48.2 Å². The number of thioether (sulfide) groups is 1. The van der Waals surface area contributed by atoms with Crippen LogP contribution in [-0.4, -0.2) is 27.5 Å². The summed E-state index contributed by atoms with van der Waals surface area (Å²) in [7, 11) is 0. The molecule has 2 aromatic heterocycles. The van der Waals surface area contributed by atoms with Gasteiger partial charge in [-0.25, -0.2) is 9.97 Å². The number of rotatable bonds is 6. The lowest BCUT2D eigenvalue weighted by atomic mass is 10.1. The van der Waals surface area contributed by atoms with Gasteiger partial charge >= 0.3 is 0 Å². The Morgan fingerprint density at radius 3 is 2.53 bits per heavy atom. The van der Waals surface area contributed by atoms with Gasteiger partial charge in [0.1, 0.15) is 16.2 Å². The van der Waals surface area contributed by atoms with Gasteiger partial charge in [0, 0.05) is 29.2 Å². The van der Waals surface area contributed by atoms with Gasteiger partial charge in [-0.05, 0) is 23.8 Å². The highest BCUT2D eigenvalue weighted by Gasteiger charge is 2.14. The largest absolute Gasteiger partial charge is 0.326 e. The van der Waals surface area contributed by atoms with Gasteiger partial charge in [0.2, 0.25) is 11.8 Å². The Kier molecular flexibility index (Phi) is 6.06. The number of thiophene rings is 1. The van der Waals surface area contributed by atoms with Crippen molar-refractivity contribution in [1.82, 2.24) is 9.97 Å². The van der Waals surface area contributed by atoms with Crippen LogP contribution in [0.5, 0.6) is 0 Å². The molecule has 4 rings (SSSR count). The van der Waals surface area contributed by atoms with E-state index in [1.54, 1.807) is 35.6 Å². The number of carbonyl (C=O) groups excluding carboxylic acids is 2. The van der Waals surface area contributed by atoms with Crippen LogP contribution in [0, 0.1) is 0 Å². The van der Waals surface area contributed by atoms with Crippen LogP contribution in [0.3, 0.4) is 0 Å². The molecule has 2 amide bonds. The van der Waals surface area contributed by atoms with Crippen molar-refractivity contribution in [2.75, 3.05) is 16.4 Å². The maximum absolute atomic E-state index is 12.5. The van der Waals surface area contributed by atoms with Crippen LogP contribution in [0.1, 0.15) is 6.92 Å². The van der Waals surface area contributed by atoms with Gasteiger partial charge in [0.15, 0.2) is 0 Å². The van der Waals surface area contributed by atoms with Crippen molar-refractivity contribution >= 4 is 56.5 Å². The van der Waals surface area contributed by atoms with Crippen LogP contribution in [0.2, 0.25) is 0 Å². The number of anilines is 2. The molecule has 0 unspecified atom stereocenters. The van der Waals surface area contributed by atoms with Crippen LogP contribution in [-0.2, 0) is 9.59 Å². The lowest BCUT2D eigenvalue weighted by Crippen LogP contribution is -2.14. The Morgan fingerprint density at radius 1 is 1.00 bits per heavy atom. The van der Waals surface area contributed by atoms with Gasteiger partial charge in [-0.15, -0.1) is 11.3 Å². The summed E-state index contributed by atoms with van der Waals surface area (Å²) in [6.45, 7) is 1.44. The van der Waals surface area contributed by atoms with Crippen molar-refractivity contribution in [2.45, 2.75) is 11.9 Å². The van der Waals surface area contributed by atoms with E-state index in [9.17, 15) is 9.59 Å². The SMILES string of the molecule is CC(=O)Nc1cccc(NC(=O)CSc2ncnc3scc(-c4ccccc4)c23)c1. The highest BCUT2D eigenvalue weighted by atomic mass is 32.2. The number of aromatic nitrogens is 2. The normalized spacial score (nSPS) is 10.7. The zero-order valence-corrected chi connectivity index (χ0v) is 17.7. The van der Waals surface area contributed by atoms with Crippen LogP contribution in [0.25, 0.3) is 21.3 Å². The maximum Gasteiger partial charge on any atom is 0.234 e. The lowest BCUT2D eigenvalue weighted by molar-refractivity contribution is -0.114. The minimum Gasteiger partial charge on any atom is -0.326 e. The number of fused-ring (bicyclic) bond motifs is 1. The molecule has 0 bridgehead atoms. The molecule has 0 aliphatic heterocycles. The summed E-state index contributed by atoms with van der Waals surface area (Å²) in [5.41, 5.74) is 3.43. The van der Waals surface area contributed by atoms with Crippen molar-refractivity contribution in [3.05, 3.63) is 66.3 Å². The summed E-state index contributed by atoms with van der Waals surface area (Å²) in [4.78, 5) is 33.4. The van der Waals surface area contributed by atoms with E-state index >= 15 is 0 Å². The molecule has 0 spiro atoms. The van der Waals surface area contributed by atoms with Crippen LogP contribution in [0.15, 0.2) is 71.3 Å². The fraction of sp³-hybridized carbons (Fsp3) is 0.0909. The summed E-state index contributed by atoms with van der Waals surface area (Å²) in [5.74, 6) is -0.101. The second kappa shape index (κ2) is 9.06. The van der Waals surface area contributed by atoms with E-state index in [4.69, 9.17) is 0 Å². The molecule has 150 valence electrons. The summed E-state index contributed by atoms with van der Waals surface area (Å²) in [6.07, 6.45) is 1.53. The van der Waals surface area contributed by atoms with Crippen molar-refractivity contribution in [3.63, 3.8) is 0 Å². The highest BCUT2D eigenvalue weighted by Crippen LogP contribution is 2.37. The third-order valence-electron chi connectivity index (χ3n) is 4.23. The highest BCUT2D eigenvalue weighted by molar-refractivity contribution is 8.00. The number of amides is 2. The number of benzene rings is 2. The third kappa shape index (κ3) is 4.67. The summed E-state index contributed by atoms with van der Waals surface area (Å²) in [5, 5.41) is 9.39. The number of hydrogen-bond acceptors (Lipinski definition) is 6. The lowest BCUT2D eigenvalue weighted by Gasteiger charge is -2.08. The minimum absolute atomic E-state index is 0.150. The first kappa shape index (κ1) is 20.1. The fourth-order valence-corrected chi connectivity index (χ4v) is 4.79. The molecule has 4 aromatic rings. The Balaban J connectivity index is 1.49. The molecule has 2 aromatic carbocycles. The molecule has 0 radical (unpaired) electrons. The first-order chi connectivity index (χ1) is 14.6. The Hall–Kier alpha value is -3.23. The van der Waals surface area contributed by atoms with E-state index in [0.29, 0.717) is 11.4 Å². The van der Waals surface area contributed by atoms with Gasteiger partial charge < -0.3 is 10.6 Å². The summed E-state index contributed by atoms with van der Waals surface area (Å²) in [6, 6.07) is 17.1. The van der Waals surface area contributed by atoms with Crippen LogP contribution in [0.4, 0.5) is 11.4 Å². The predicted molar refractivity (Wildman–Crippen MR) is 123 cm³/mol. The number of hydrogen-bond donors (Lipinski definition) is 2. The molecule has 0 aliphatic carbocycles. The van der Waals surface area contributed by atoms with Gasteiger partial charge in [0.25, 0.3) is 0 Å². The number of nitrogens with zero attached hydrogens (tertiary/aromatic N) is 2. The second-order valence-electron chi connectivity index (χ2n) is 6.47. The van der Waals surface area contributed by atoms with E-state index in [2.05, 4.69) is 38.1 Å². The van der Waals surface area contributed by atoms with Gasteiger partial charge in [0.05, 0.1) is 11.1 Å². The van der Waals surface area contributed by atoms with Crippen molar-refractivity contribution in [3.8, 4) is 11.1 Å². The Labute approximate surface area is 181 Å². The van der Waals surface area contributed by atoms with Crippen molar-refractivity contribution < 1.29 is 9.59 Å². The monoisotopic (exact) mass is 434 g/mol. The first-order valence-corrected chi connectivity index (χ1v) is 11.0. The molecule has 8 heteroatoms. The first-order valence-electron chi connectivity index (χ1n) is 9.18. The molecule has 0 fully saturated rings. The van der Waals surface area contributed by atoms with Crippen molar-refractivity contribution in [1.29, 1.82) is 0 Å². The predicted octanol–water partition coefficient (Wildman–Crippen LogP) is 5.05. The summed E-state index contributed by atoms with van der Waals surface area (Å²) < 4.78 is 0. The quantitative estimate of drug-likeness (QED) is 0.328.